The van der Waals surface area contributed by atoms with E-state index in [0.717, 1.165) is 39.5 Å². The second-order valence-electron chi connectivity index (χ2n) is 10.6. The summed E-state index contributed by atoms with van der Waals surface area (Å²) in [7, 11) is 0. The van der Waals surface area contributed by atoms with E-state index in [0.29, 0.717) is 0 Å². The molecule has 0 fully saturated rings. The number of hydrogen-bond acceptors (Lipinski definition) is 3. The monoisotopic (exact) mass is 566 g/mol. The van der Waals surface area contributed by atoms with Gasteiger partial charge in [0.05, 0.1) is 11.4 Å². The van der Waals surface area contributed by atoms with Gasteiger partial charge in [-0.15, -0.1) is 11.3 Å². The highest BCUT2D eigenvalue weighted by Gasteiger charge is 2.13. The topological polar surface area (TPSA) is 25.8 Å². The minimum atomic E-state index is 0.719. The molecule has 0 saturated carbocycles. The molecule has 3 heteroatoms. The van der Waals surface area contributed by atoms with E-state index in [1.807, 2.05) is 47.7 Å². The first kappa shape index (κ1) is 25.3. The van der Waals surface area contributed by atoms with Crippen molar-refractivity contribution in [3.63, 3.8) is 0 Å². The Hall–Kier alpha value is -5.38. The maximum absolute atomic E-state index is 4.99. The first-order valence-electron chi connectivity index (χ1n) is 14.4. The lowest BCUT2D eigenvalue weighted by molar-refractivity contribution is 1.18. The lowest BCUT2D eigenvalue weighted by Gasteiger charge is -2.10. The molecule has 2 aromatic heterocycles. The van der Waals surface area contributed by atoms with Gasteiger partial charge in [-0.3, -0.25) is 0 Å². The predicted molar refractivity (Wildman–Crippen MR) is 182 cm³/mol. The molecule has 8 rings (SSSR count). The Morgan fingerprint density at radius 2 is 0.930 bits per heavy atom. The number of nitrogens with zero attached hydrogens (tertiary/aromatic N) is 2. The molecule has 0 aliphatic rings. The average Bonchev–Trinajstić information content (AvgIpc) is 3.48. The van der Waals surface area contributed by atoms with Crippen LogP contribution in [-0.4, -0.2) is 9.97 Å². The molecule has 0 amide bonds. The summed E-state index contributed by atoms with van der Waals surface area (Å²) >= 11 is 1.87. The van der Waals surface area contributed by atoms with Gasteiger partial charge < -0.3 is 0 Å². The van der Waals surface area contributed by atoms with E-state index in [1.54, 1.807) is 0 Å². The molecule has 0 bridgehead atoms. The Labute approximate surface area is 254 Å². The van der Waals surface area contributed by atoms with Crippen LogP contribution in [0.1, 0.15) is 0 Å². The molecule has 0 radical (unpaired) electrons. The third kappa shape index (κ3) is 4.80. The Bertz CT molecular complexity index is 2160. The number of benzene rings is 6. The molecule has 2 nitrogen and oxygen atoms in total. The maximum Gasteiger partial charge on any atom is 0.160 e. The van der Waals surface area contributed by atoms with E-state index < -0.39 is 0 Å². The van der Waals surface area contributed by atoms with Gasteiger partial charge in [-0.2, -0.15) is 0 Å². The lowest BCUT2D eigenvalue weighted by Crippen LogP contribution is -1.95. The molecule has 43 heavy (non-hydrogen) atoms. The molecule has 8 aromatic rings. The highest BCUT2D eigenvalue weighted by atomic mass is 32.1. The molecular weight excluding hydrogens is 541 g/mol. The van der Waals surface area contributed by atoms with Crippen LogP contribution in [0.2, 0.25) is 0 Å². The fourth-order valence-corrected chi connectivity index (χ4v) is 6.98. The molecular formula is C40H26N2S. The normalized spacial score (nSPS) is 11.3. The second-order valence-corrected chi connectivity index (χ2v) is 11.7. The van der Waals surface area contributed by atoms with Crippen LogP contribution in [0, 0.1) is 0 Å². The zero-order valence-electron chi connectivity index (χ0n) is 23.3. The van der Waals surface area contributed by atoms with Crippen molar-refractivity contribution in [3.8, 4) is 56.2 Å². The van der Waals surface area contributed by atoms with Crippen molar-refractivity contribution in [1.82, 2.24) is 9.97 Å². The number of rotatable bonds is 5. The fraction of sp³-hybridized carbons (Fsp3) is 0. The first-order chi connectivity index (χ1) is 21.3. The Balaban J connectivity index is 1.17. The van der Waals surface area contributed by atoms with E-state index in [9.17, 15) is 0 Å². The van der Waals surface area contributed by atoms with E-state index in [2.05, 4.69) is 121 Å². The van der Waals surface area contributed by atoms with Crippen molar-refractivity contribution in [2.24, 2.45) is 0 Å². The second kappa shape index (κ2) is 10.8. The molecule has 0 aliphatic heterocycles. The van der Waals surface area contributed by atoms with Gasteiger partial charge in [-0.25, -0.2) is 9.97 Å². The third-order valence-corrected chi connectivity index (χ3v) is 9.14. The molecule has 0 unspecified atom stereocenters. The van der Waals surface area contributed by atoms with Gasteiger partial charge in [0.25, 0.3) is 0 Å². The number of fused-ring (bicyclic) bond motifs is 3. The molecule has 0 saturated heterocycles. The van der Waals surface area contributed by atoms with Gasteiger partial charge in [-0.05, 0) is 40.5 Å². The van der Waals surface area contributed by atoms with Crippen LogP contribution in [0.4, 0.5) is 0 Å². The van der Waals surface area contributed by atoms with Crippen molar-refractivity contribution in [2.45, 2.75) is 0 Å². The standard InChI is InChI=1S/C40H26N2S/c1-3-11-28(12-4-1)36-26-37(29-13-5-2-6-14-29)42-40(41-36)30-23-21-27(22-24-30)31-15-9-16-32(25-31)33-18-10-19-35-34-17-7-8-20-38(34)43-39(33)35/h1-26H. The quantitative estimate of drug-likeness (QED) is 0.207. The smallest absolute Gasteiger partial charge is 0.160 e. The zero-order valence-corrected chi connectivity index (χ0v) is 24.1. The van der Waals surface area contributed by atoms with Crippen molar-refractivity contribution >= 4 is 31.5 Å². The molecule has 202 valence electrons. The van der Waals surface area contributed by atoms with Crippen LogP contribution in [0.15, 0.2) is 158 Å². The summed E-state index contributed by atoms with van der Waals surface area (Å²) in [5.41, 5.74) is 9.82. The van der Waals surface area contributed by atoms with Crippen molar-refractivity contribution in [2.75, 3.05) is 0 Å². The first-order valence-corrected chi connectivity index (χ1v) is 15.2. The van der Waals surface area contributed by atoms with E-state index in [-0.39, 0.29) is 0 Å². The highest BCUT2D eigenvalue weighted by molar-refractivity contribution is 7.26. The molecule has 0 atom stereocenters. The Kier molecular flexibility index (Phi) is 6.36. The number of hydrogen-bond donors (Lipinski definition) is 0. The summed E-state index contributed by atoms with van der Waals surface area (Å²) in [5, 5.41) is 2.64. The minimum Gasteiger partial charge on any atom is -0.228 e. The SMILES string of the molecule is c1ccc(-c2cc(-c3ccccc3)nc(-c3ccc(-c4cccc(-c5cccc6c5sc5ccccc56)c4)cc3)n2)cc1. The van der Waals surface area contributed by atoms with Crippen molar-refractivity contribution in [3.05, 3.63) is 158 Å². The summed E-state index contributed by atoms with van der Waals surface area (Å²) in [6, 6.07) is 55.5. The molecule has 0 spiro atoms. The average molecular weight is 567 g/mol. The number of aromatic nitrogens is 2. The third-order valence-electron chi connectivity index (χ3n) is 7.92. The van der Waals surface area contributed by atoms with Gasteiger partial charge in [0.1, 0.15) is 0 Å². The van der Waals surface area contributed by atoms with Gasteiger partial charge in [-0.1, -0.05) is 140 Å². The lowest BCUT2D eigenvalue weighted by atomic mass is 9.97. The van der Waals surface area contributed by atoms with Gasteiger partial charge in [0, 0.05) is 36.9 Å². The van der Waals surface area contributed by atoms with Crippen molar-refractivity contribution in [1.29, 1.82) is 0 Å². The van der Waals surface area contributed by atoms with Crippen LogP contribution in [0.3, 0.4) is 0 Å². The van der Waals surface area contributed by atoms with Crippen LogP contribution >= 0.6 is 11.3 Å². The van der Waals surface area contributed by atoms with Crippen LogP contribution < -0.4 is 0 Å². The van der Waals surface area contributed by atoms with E-state index in [4.69, 9.17) is 9.97 Å². The molecule has 2 heterocycles. The molecule has 6 aromatic carbocycles. The Morgan fingerprint density at radius 3 is 1.65 bits per heavy atom. The van der Waals surface area contributed by atoms with Crippen molar-refractivity contribution < 1.29 is 0 Å². The Morgan fingerprint density at radius 1 is 0.372 bits per heavy atom. The van der Waals surface area contributed by atoms with E-state index in [1.165, 1.54) is 36.9 Å². The number of thiophene rings is 1. The molecule has 0 N–H and O–H groups in total. The van der Waals surface area contributed by atoms with Gasteiger partial charge in [0.2, 0.25) is 0 Å². The predicted octanol–water partition coefficient (Wildman–Crippen LogP) is 11.2. The zero-order chi connectivity index (χ0) is 28.6. The van der Waals surface area contributed by atoms with Gasteiger partial charge in [0.15, 0.2) is 5.82 Å². The summed E-state index contributed by atoms with van der Waals surface area (Å²) in [4.78, 5) is 9.99. The maximum atomic E-state index is 4.99. The fourth-order valence-electron chi connectivity index (χ4n) is 5.74. The minimum absolute atomic E-state index is 0.719. The summed E-state index contributed by atoms with van der Waals surface area (Å²) in [6.45, 7) is 0. The van der Waals surface area contributed by atoms with E-state index >= 15 is 0 Å². The summed E-state index contributed by atoms with van der Waals surface area (Å²) < 4.78 is 2.66. The highest BCUT2D eigenvalue weighted by Crippen LogP contribution is 2.40. The van der Waals surface area contributed by atoms with Gasteiger partial charge >= 0.3 is 0 Å². The van der Waals surface area contributed by atoms with Crippen LogP contribution in [0.25, 0.3) is 76.3 Å². The molecule has 0 aliphatic carbocycles. The van der Waals surface area contributed by atoms with Crippen LogP contribution in [0.5, 0.6) is 0 Å². The summed E-state index contributed by atoms with van der Waals surface area (Å²) in [5.74, 6) is 0.719. The van der Waals surface area contributed by atoms with Crippen LogP contribution in [-0.2, 0) is 0 Å². The summed E-state index contributed by atoms with van der Waals surface area (Å²) in [6.07, 6.45) is 0. The largest absolute Gasteiger partial charge is 0.228 e.